The van der Waals surface area contributed by atoms with Crippen LogP contribution < -0.4 is 4.72 Å². The van der Waals surface area contributed by atoms with Crippen LogP contribution in [-0.2, 0) is 16.6 Å². The van der Waals surface area contributed by atoms with Gasteiger partial charge < -0.3 is 4.42 Å². The second kappa shape index (κ2) is 6.54. The topological polar surface area (TPSA) is 72.2 Å². The lowest BCUT2D eigenvalue weighted by Crippen LogP contribution is -2.23. The average molecular weight is 349 g/mol. The van der Waals surface area contributed by atoms with Crippen molar-refractivity contribution in [2.45, 2.75) is 11.4 Å². The van der Waals surface area contributed by atoms with E-state index in [1.165, 1.54) is 12.1 Å². The summed E-state index contributed by atoms with van der Waals surface area (Å²) in [6, 6.07) is 9.98. The van der Waals surface area contributed by atoms with Crippen molar-refractivity contribution < 1.29 is 12.8 Å². The van der Waals surface area contributed by atoms with Gasteiger partial charge in [0.25, 0.3) is 0 Å². The SMILES string of the molecule is O=S(=O)(NCc1cncc(-c2ccoc2)c1)c1ccccc1Cl. The van der Waals surface area contributed by atoms with E-state index in [1.807, 2.05) is 12.1 Å². The van der Waals surface area contributed by atoms with E-state index in [0.717, 1.165) is 16.7 Å². The first kappa shape index (κ1) is 15.7. The number of nitrogens with one attached hydrogen (secondary N) is 1. The summed E-state index contributed by atoms with van der Waals surface area (Å²) < 4.78 is 32.2. The van der Waals surface area contributed by atoms with Crippen LogP contribution in [0.2, 0.25) is 5.02 Å². The Balaban J connectivity index is 1.78. The maximum absolute atomic E-state index is 12.3. The summed E-state index contributed by atoms with van der Waals surface area (Å²) in [5.41, 5.74) is 2.47. The second-order valence-corrected chi connectivity index (χ2v) is 6.99. The highest BCUT2D eigenvalue weighted by molar-refractivity contribution is 7.89. The molecule has 1 aromatic carbocycles. The first-order valence-corrected chi connectivity index (χ1v) is 8.63. The number of furan rings is 1. The summed E-state index contributed by atoms with van der Waals surface area (Å²) in [6.45, 7) is 0.117. The van der Waals surface area contributed by atoms with Gasteiger partial charge in [-0.05, 0) is 29.8 Å². The van der Waals surface area contributed by atoms with Gasteiger partial charge in [-0.15, -0.1) is 0 Å². The molecule has 0 saturated heterocycles. The smallest absolute Gasteiger partial charge is 0.242 e. The molecule has 0 amide bonds. The maximum Gasteiger partial charge on any atom is 0.242 e. The highest BCUT2D eigenvalue weighted by Crippen LogP contribution is 2.22. The van der Waals surface area contributed by atoms with Crippen molar-refractivity contribution in [3.63, 3.8) is 0 Å². The van der Waals surface area contributed by atoms with Crippen LogP contribution in [0.25, 0.3) is 11.1 Å². The molecule has 118 valence electrons. The standard InChI is InChI=1S/C16H13ClN2O3S/c17-15-3-1-2-4-16(15)23(20,21)19-9-12-7-14(10-18-8-12)13-5-6-22-11-13/h1-8,10-11,19H,9H2. The summed E-state index contributed by atoms with van der Waals surface area (Å²) in [7, 11) is -3.68. The van der Waals surface area contributed by atoms with E-state index in [0.29, 0.717) is 0 Å². The monoisotopic (exact) mass is 348 g/mol. The van der Waals surface area contributed by atoms with Crippen molar-refractivity contribution in [1.82, 2.24) is 9.71 Å². The fourth-order valence-electron chi connectivity index (χ4n) is 2.09. The minimum Gasteiger partial charge on any atom is -0.472 e. The zero-order valence-electron chi connectivity index (χ0n) is 11.9. The number of pyridine rings is 1. The molecule has 5 nitrogen and oxygen atoms in total. The highest BCUT2D eigenvalue weighted by atomic mass is 35.5. The Hall–Kier alpha value is -2.15. The molecule has 2 aromatic heterocycles. The number of sulfonamides is 1. The molecule has 0 fully saturated rings. The third-order valence-corrected chi connectivity index (χ3v) is 5.14. The van der Waals surface area contributed by atoms with Crippen LogP contribution in [0.5, 0.6) is 0 Å². The van der Waals surface area contributed by atoms with Crippen molar-refractivity contribution >= 4 is 21.6 Å². The number of benzene rings is 1. The van der Waals surface area contributed by atoms with Gasteiger partial charge in [0.1, 0.15) is 4.90 Å². The Labute approximate surface area is 139 Å². The van der Waals surface area contributed by atoms with Crippen molar-refractivity contribution in [3.05, 3.63) is 71.9 Å². The number of rotatable bonds is 5. The number of hydrogen-bond acceptors (Lipinski definition) is 4. The van der Waals surface area contributed by atoms with E-state index in [2.05, 4.69) is 9.71 Å². The van der Waals surface area contributed by atoms with Gasteiger partial charge in [0.15, 0.2) is 0 Å². The summed E-state index contributed by atoms with van der Waals surface area (Å²) >= 11 is 5.94. The predicted octanol–water partition coefficient (Wildman–Crippen LogP) is 3.47. The minimum absolute atomic E-state index is 0.0561. The first-order chi connectivity index (χ1) is 11.1. The van der Waals surface area contributed by atoms with E-state index in [-0.39, 0.29) is 16.5 Å². The molecule has 2 heterocycles. The average Bonchev–Trinajstić information content (AvgIpc) is 3.08. The van der Waals surface area contributed by atoms with Crippen molar-refractivity contribution in [3.8, 4) is 11.1 Å². The lowest BCUT2D eigenvalue weighted by atomic mass is 10.1. The van der Waals surface area contributed by atoms with E-state index in [9.17, 15) is 8.42 Å². The Kier molecular flexibility index (Phi) is 4.47. The molecular formula is C16H13ClN2O3S. The van der Waals surface area contributed by atoms with Gasteiger partial charge in [-0.3, -0.25) is 4.98 Å². The van der Waals surface area contributed by atoms with E-state index in [1.54, 1.807) is 37.1 Å². The Bertz CT molecular complexity index is 909. The molecular weight excluding hydrogens is 336 g/mol. The van der Waals surface area contributed by atoms with Crippen LogP contribution in [0.15, 0.2) is 70.6 Å². The van der Waals surface area contributed by atoms with Crippen LogP contribution in [0.3, 0.4) is 0 Å². The zero-order chi connectivity index (χ0) is 16.3. The van der Waals surface area contributed by atoms with E-state index >= 15 is 0 Å². The van der Waals surface area contributed by atoms with Gasteiger partial charge in [0.2, 0.25) is 10.0 Å². The van der Waals surface area contributed by atoms with Gasteiger partial charge in [-0.1, -0.05) is 23.7 Å². The lowest BCUT2D eigenvalue weighted by molar-refractivity contribution is 0.568. The zero-order valence-corrected chi connectivity index (χ0v) is 13.5. The highest BCUT2D eigenvalue weighted by Gasteiger charge is 2.17. The maximum atomic E-state index is 12.3. The lowest BCUT2D eigenvalue weighted by Gasteiger charge is -2.08. The first-order valence-electron chi connectivity index (χ1n) is 6.77. The largest absolute Gasteiger partial charge is 0.472 e. The Morgan fingerprint density at radius 1 is 1.13 bits per heavy atom. The van der Waals surface area contributed by atoms with Gasteiger partial charge >= 0.3 is 0 Å². The molecule has 0 aliphatic carbocycles. The number of hydrogen-bond donors (Lipinski definition) is 1. The molecule has 0 unspecified atom stereocenters. The van der Waals surface area contributed by atoms with E-state index in [4.69, 9.17) is 16.0 Å². The molecule has 3 aromatic rings. The summed E-state index contributed by atoms with van der Waals surface area (Å²) in [6.07, 6.45) is 6.48. The van der Waals surface area contributed by atoms with Gasteiger partial charge in [-0.25, -0.2) is 13.1 Å². The van der Waals surface area contributed by atoms with Crippen molar-refractivity contribution in [1.29, 1.82) is 0 Å². The Morgan fingerprint density at radius 3 is 2.70 bits per heavy atom. The molecule has 1 N–H and O–H groups in total. The van der Waals surface area contributed by atoms with Crippen LogP contribution in [0.4, 0.5) is 0 Å². The van der Waals surface area contributed by atoms with Crippen molar-refractivity contribution in [2.75, 3.05) is 0 Å². The summed E-state index contributed by atoms with van der Waals surface area (Å²) in [5, 5.41) is 0.185. The van der Waals surface area contributed by atoms with Crippen molar-refractivity contribution in [2.24, 2.45) is 0 Å². The van der Waals surface area contributed by atoms with Gasteiger partial charge in [0.05, 0.1) is 17.5 Å². The fourth-order valence-corrected chi connectivity index (χ4v) is 3.62. The molecule has 3 rings (SSSR count). The molecule has 0 atom stereocenters. The predicted molar refractivity (Wildman–Crippen MR) is 87.4 cm³/mol. The summed E-state index contributed by atoms with van der Waals surface area (Å²) in [4.78, 5) is 4.19. The molecule has 7 heteroatoms. The molecule has 0 aliphatic rings. The summed E-state index contributed by atoms with van der Waals surface area (Å²) in [5.74, 6) is 0. The molecule has 0 bridgehead atoms. The van der Waals surface area contributed by atoms with Crippen LogP contribution in [0, 0.1) is 0 Å². The van der Waals surface area contributed by atoms with Crippen LogP contribution in [-0.4, -0.2) is 13.4 Å². The third kappa shape index (κ3) is 3.61. The third-order valence-electron chi connectivity index (χ3n) is 3.24. The normalized spacial score (nSPS) is 11.5. The van der Waals surface area contributed by atoms with Gasteiger partial charge in [0, 0.05) is 30.1 Å². The molecule has 0 saturated carbocycles. The second-order valence-electron chi connectivity index (χ2n) is 4.85. The van der Waals surface area contributed by atoms with E-state index < -0.39 is 10.0 Å². The molecule has 0 radical (unpaired) electrons. The number of halogens is 1. The minimum atomic E-state index is -3.68. The fraction of sp³-hybridized carbons (Fsp3) is 0.0625. The molecule has 0 aliphatic heterocycles. The van der Waals surface area contributed by atoms with Crippen LogP contribution >= 0.6 is 11.6 Å². The number of aromatic nitrogens is 1. The quantitative estimate of drug-likeness (QED) is 0.766. The van der Waals surface area contributed by atoms with Crippen LogP contribution in [0.1, 0.15) is 5.56 Å². The molecule has 0 spiro atoms. The number of nitrogens with zero attached hydrogens (tertiary/aromatic N) is 1. The van der Waals surface area contributed by atoms with Gasteiger partial charge in [-0.2, -0.15) is 0 Å². The molecule has 23 heavy (non-hydrogen) atoms. The Morgan fingerprint density at radius 2 is 1.96 bits per heavy atom.